The quantitative estimate of drug-likeness (QED) is 0.653. The second kappa shape index (κ2) is 4.93. The lowest BCUT2D eigenvalue weighted by molar-refractivity contribution is -0.135. The number of carbonyl (C=O) groups excluding carboxylic acids is 1. The van der Waals surface area contributed by atoms with Crippen LogP contribution in [-0.4, -0.2) is 23.4 Å². The highest BCUT2D eigenvalue weighted by molar-refractivity contribution is 9.10. The molecular formula is C10H10BrNO3. The molecule has 1 rings (SSSR count). The third kappa shape index (κ3) is 2.79. The SMILES string of the molecule is CCOC(=O)C(=N)c1ccc(Br)cc1O. The van der Waals surface area contributed by atoms with Crippen LogP contribution >= 0.6 is 15.9 Å². The van der Waals surface area contributed by atoms with E-state index in [1.807, 2.05) is 0 Å². The van der Waals surface area contributed by atoms with Gasteiger partial charge in [0.2, 0.25) is 0 Å². The van der Waals surface area contributed by atoms with Gasteiger partial charge in [0.1, 0.15) is 5.75 Å². The Bertz CT molecular complexity index is 404. The summed E-state index contributed by atoms with van der Waals surface area (Å²) < 4.78 is 5.34. The van der Waals surface area contributed by atoms with Crippen LogP contribution in [0.25, 0.3) is 0 Å². The molecule has 0 saturated carbocycles. The van der Waals surface area contributed by atoms with Crippen LogP contribution in [0.1, 0.15) is 12.5 Å². The molecule has 4 nitrogen and oxygen atoms in total. The summed E-state index contributed by atoms with van der Waals surface area (Å²) in [6.07, 6.45) is 0. The summed E-state index contributed by atoms with van der Waals surface area (Å²) in [6.45, 7) is 1.87. The average molecular weight is 272 g/mol. The molecule has 1 aromatic rings. The zero-order chi connectivity index (χ0) is 11.4. The number of hydrogen-bond acceptors (Lipinski definition) is 4. The Morgan fingerprint density at radius 2 is 2.27 bits per heavy atom. The minimum absolute atomic E-state index is 0.123. The Kier molecular flexibility index (Phi) is 3.85. The predicted octanol–water partition coefficient (Wildman–Crippen LogP) is 2.09. The van der Waals surface area contributed by atoms with Gasteiger partial charge in [-0.2, -0.15) is 0 Å². The fraction of sp³-hybridized carbons (Fsp3) is 0.200. The standard InChI is InChI=1S/C10H10BrNO3/c1-2-15-10(14)9(12)7-4-3-6(11)5-8(7)13/h3-5,12-13H,2H2,1H3. The molecule has 0 spiro atoms. The molecule has 1 aromatic carbocycles. The topological polar surface area (TPSA) is 70.4 Å². The Morgan fingerprint density at radius 3 is 2.80 bits per heavy atom. The highest BCUT2D eigenvalue weighted by atomic mass is 79.9. The number of halogens is 1. The van der Waals surface area contributed by atoms with E-state index in [9.17, 15) is 9.90 Å². The molecule has 15 heavy (non-hydrogen) atoms. The first kappa shape index (κ1) is 11.7. The molecular weight excluding hydrogens is 262 g/mol. The number of nitrogens with one attached hydrogen (secondary N) is 1. The van der Waals surface area contributed by atoms with E-state index in [0.717, 1.165) is 0 Å². The van der Waals surface area contributed by atoms with Gasteiger partial charge in [0.05, 0.1) is 6.61 Å². The number of aromatic hydroxyl groups is 1. The lowest BCUT2D eigenvalue weighted by Crippen LogP contribution is -2.17. The van der Waals surface area contributed by atoms with Crippen LogP contribution in [0.2, 0.25) is 0 Å². The lowest BCUT2D eigenvalue weighted by atomic mass is 10.1. The zero-order valence-electron chi connectivity index (χ0n) is 8.08. The van der Waals surface area contributed by atoms with E-state index in [1.165, 1.54) is 12.1 Å². The van der Waals surface area contributed by atoms with E-state index in [4.69, 9.17) is 5.41 Å². The van der Waals surface area contributed by atoms with Gasteiger partial charge in [0, 0.05) is 10.0 Å². The van der Waals surface area contributed by atoms with Crippen molar-refractivity contribution in [2.75, 3.05) is 6.61 Å². The maximum Gasteiger partial charge on any atom is 0.356 e. The maximum absolute atomic E-state index is 11.2. The van der Waals surface area contributed by atoms with Gasteiger partial charge >= 0.3 is 5.97 Å². The van der Waals surface area contributed by atoms with Gasteiger partial charge in [-0.1, -0.05) is 15.9 Å². The van der Waals surface area contributed by atoms with E-state index in [0.29, 0.717) is 4.47 Å². The molecule has 0 heterocycles. The van der Waals surface area contributed by atoms with Gasteiger partial charge in [-0.3, -0.25) is 5.41 Å². The molecule has 0 aliphatic rings. The second-order valence-electron chi connectivity index (χ2n) is 2.76. The van der Waals surface area contributed by atoms with Crippen LogP contribution in [0.5, 0.6) is 5.75 Å². The molecule has 0 amide bonds. The summed E-state index contributed by atoms with van der Waals surface area (Å²) in [7, 11) is 0. The third-order valence-corrected chi connectivity index (χ3v) is 2.20. The van der Waals surface area contributed by atoms with Crippen molar-refractivity contribution in [2.24, 2.45) is 0 Å². The van der Waals surface area contributed by atoms with Crippen molar-refractivity contribution in [2.45, 2.75) is 6.92 Å². The Labute approximate surface area is 95.5 Å². The number of benzene rings is 1. The highest BCUT2D eigenvalue weighted by Crippen LogP contribution is 2.22. The number of rotatable bonds is 3. The van der Waals surface area contributed by atoms with Crippen molar-refractivity contribution in [3.63, 3.8) is 0 Å². The molecule has 0 fully saturated rings. The van der Waals surface area contributed by atoms with Crippen LogP contribution < -0.4 is 0 Å². The number of esters is 1. The lowest BCUT2D eigenvalue weighted by Gasteiger charge is -2.05. The molecule has 0 bridgehead atoms. The molecule has 0 aliphatic heterocycles. The molecule has 0 radical (unpaired) electrons. The molecule has 80 valence electrons. The minimum Gasteiger partial charge on any atom is -0.507 e. The summed E-state index contributed by atoms with van der Waals surface area (Å²) in [5.74, 6) is -0.863. The zero-order valence-corrected chi connectivity index (χ0v) is 9.67. The summed E-state index contributed by atoms with van der Waals surface area (Å²) in [4.78, 5) is 11.2. The highest BCUT2D eigenvalue weighted by Gasteiger charge is 2.16. The van der Waals surface area contributed by atoms with E-state index in [1.54, 1.807) is 13.0 Å². The van der Waals surface area contributed by atoms with E-state index >= 15 is 0 Å². The fourth-order valence-corrected chi connectivity index (χ4v) is 1.38. The Balaban J connectivity index is 2.96. The largest absolute Gasteiger partial charge is 0.507 e. The maximum atomic E-state index is 11.2. The Hall–Kier alpha value is -1.36. The minimum atomic E-state index is -0.741. The first-order valence-corrected chi connectivity index (χ1v) is 5.10. The van der Waals surface area contributed by atoms with Crippen molar-refractivity contribution < 1.29 is 14.6 Å². The molecule has 5 heteroatoms. The van der Waals surface area contributed by atoms with E-state index in [-0.39, 0.29) is 23.6 Å². The van der Waals surface area contributed by atoms with Crippen molar-refractivity contribution in [1.82, 2.24) is 0 Å². The molecule has 0 saturated heterocycles. The molecule has 0 unspecified atom stereocenters. The number of phenols is 1. The first-order chi connectivity index (χ1) is 7.06. The van der Waals surface area contributed by atoms with Crippen molar-refractivity contribution >= 4 is 27.6 Å². The van der Waals surface area contributed by atoms with Gasteiger partial charge in [0.25, 0.3) is 0 Å². The average Bonchev–Trinajstić information content (AvgIpc) is 2.17. The van der Waals surface area contributed by atoms with Gasteiger partial charge in [-0.15, -0.1) is 0 Å². The second-order valence-corrected chi connectivity index (χ2v) is 3.67. The van der Waals surface area contributed by atoms with Crippen LogP contribution in [-0.2, 0) is 9.53 Å². The summed E-state index contributed by atoms with van der Waals surface area (Å²) >= 11 is 3.17. The third-order valence-electron chi connectivity index (χ3n) is 1.71. The smallest absolute Gasteiger partial charge is 0.356 e. The van der Waals surface area contributed by atoms with Gasteiger partial charge in [-0.05, 0) is 25.1 Å². The molecule has 0 atom stereocenters. The summed E-state index contributed by atoms with van der Waals surface area (Å²) in [5, 5.41) is 17.0. The molecule has 0 aromatic heterocycles. The van der Waals surface area contributed by atoms with Gasteiger partial charge in [0.15, 0.2) is 5.71 Å². The number of hydrogen-bond donors (Lipinski definition) is 2. The van der Waals surface area contributed by atoms with E-state index < -0.39 is 5.97 Å². The van der Waals surface area contributed by atoms with Crippen LogP contribution in [0.15, 0.2) is 22.7 Å². The van der Waals surface area contributed by atoms with Crippen LogP contribution in [0.4, 0.5) is 0 Å². The van der Waals surface area contributed by atoms with Crippen LogP contribution in [0, 0.1) is 5.41 Å². The molecule has 0 aliphatic carbocycles. The monoisotopic (exact) mass is 271 g/mol. The number of carbonyl (C=O) groups is 1. The first-order valence-electron chi connectivity index (χ1n) is 4.30. The van der Waals surface area contributed by atoms with Gasteiger partial charge < -0.3 is 9.84 Å². The fourth-order valence-electron chi connectivity index (χ4n) is 1.03. The predicted molar refractivity (Wildman–Crippen MR) is 59.3 cm³/mol. The molecule has 2 N–H and O–H groups in total. The van der Waals surface area contributed by atoms with Crippen LogP contribution in [0.3, 0.4) is 0 Å². The summed E-state index contributed by atoms with van der Waals surface area (Å²) in [5.41, 5.74) is -0.182. The summed E-state index contributed by atoms with van der Waals surface area (Å²) in [6, 6.07) is 4.55. The van der Waals surface area contributed by atoms with E-state index in [2.05, 4.69) is 20.7 Å². The van der Waals surface area contributed by atoms with Gasteiger partial charge in [-0.25, -0.2) is 4.79 Å². The number of ether oxygens (including phenoxy) is 1. The number of phenolic OH excluding ortho intramolecular Hbond substituents is 1. The van der Waals surface area contributed by atoms with Crippen molar-refractivity contribution in [3.05, 3.63) is 28.2 Å². The Morgan fingerprint density at radius 1 is 1.60 bits per heavy atom. The van der Waals surface area contributed by atoms with Crippen molar-refractivity contribution in [1.29, 1.82) is 5.41 Å². The van der Waals surface area contributed by atoms with Crippen molar-refractivity contribution in [3.8, 4) is 5.75 Å². The normalized spacial score (nSPS) is 9.73.